The molecule has 8 nitrogen and oxygen atoms in total. The summed E-state index contributed by atoms with van der Waals surface area (Å²) in [4.78, 5) is 14.2. The summed E-state index contributed by atoms with van der Waals surface area (Å²) in [6.45, 7) is 3.05. The first kappa shape index (κ1) is 24.3. The number of fused-ring (bicyclic) bond motifs is 1. The molecular formula is C26H29FN6O2S. The van der Waals surface area contributed by atoms with E-state index >= 15 is 0 Å². The van der Waals surface area contributed by atoms with E-state index in [2.05, 4.69) is 20.2 Å². The van der Waals surface area contributed by atoms with Gasteiger partial charge in [-0.05, 0) is 68.6 Å². The summed E-state index contributed by atoms with van der Waals surface area (Å²) in [6, 6.07) is 13.4. The zero-order chi connectivity index (χ0) is 25.1. The lowest BCUT2D eigenvalue weighted by Gasteiger charge is -2.23. The summed E-state index contributed by atoms with van der Waals surface area (Å²) in [5.41, 5.74) is 2.69. The number of hydrogen-bond acceptors (Lipinski definition) is 7. The number of imidazole rings is 1. The standard InChI is InChI=1S/C26H29FN6O2S/c1-36(34,35)21-8-6-19(7-9-21)24-31-23-17-30-26(29-16-20-4-2-3-5-22(20)27)32-25(23)33(24)15-12-18-10-13-28-14-11-18/h2-9,17-18,28H,10-16H2,1H3,(H,29,30,32). The molecule has 1 saturated heterocycles. The van der Waals surface area contributed by atoms with Crippen LogP contribution in [0.25, 0.3) is 22.6 Å². The molecule has 10 heteroatoms. The monoisotopic (exact) mass is 508 g/mol. The van der Waals surface area contributed by atoms with Crippen molar-refractivity contribution in [3.05, 3.63) is 66.1 Å². The number of sulfone groups is 1. The first-order valence-electron chi connectivity index (χ1n) is 12.1. The number of aryl methyl sites for hydroxylation is 1. The molecule has 0 radical (unpaired) electrons. The number of hydrogen-bond donors (Lipinski definition) is 2. The van der Waals surface area contributed by atoms with Gasteiger partial charge in [-0.3, -0.25) is 0 Å². The molecule has 0 saturated carbocycles. The lowest BCUT2D eigenvalue weighted by Crippen LogP contribution is -2.28. The van der Waals surface area contributed by atoms with E-state index in [-0.39, 0.29) is 17.3 Å². The molecule has 36 heavy (non-hydrogen) atoms. The highest BCUT2D eigenvalue weighted by Crippen LogP contribution is 2.27. The lowest BCUT2D eigenvalue weighted by atomic mass is 9.95. The second-order valence-corrected chi connectivity index (χ2v) is 11.2. The van der Waals surface area contributed by atoms with Gasteiger partial charge >= 0.3 is 0 Å². The van der Waals surface area contributed by atoms with Gasteiger partial charge in [0.15, 0.2) is 15.5 Å². The van der Waals surface area contributed by atoms with Crippen LogP contribution in [0.15, 0.2) is 59.6 Å². The van der Waals surface area contributed by atoms with Crippen LogP contribution in [0.2, 0.25) is 0 Å². The minimum atomic E-state index is -3.29. The number of benzene rings is 2. The molecule has 4 aromatic rings. The number of halogens is 1. The predicted molar refractivity (Wildman–Crippen MR) is 138 cm³/mol. The Morgan fingerprint density at radius 3 is 2.56 bits per heavy atom. The maximum atomic E-state index is 14.0. The summed E-state index contributed by atoms with van der Waals surface area (Å²) in [5, 5.41) is 6.53. The molecule has 1 aliphatic rings. The number of nitrogens with one attached hydrogen (secondary N) is 2. The van der Waals surface area contributed by atoms with Crippen LogP contribution >= 0.6 is 0 Å². The molecule has 188 valence electrons. The number of piperidine rings is 1. The van der Waals surface area contributed by atoms with E-state index in [1.165, 1.54) is 12.3 Å². The van der Waals surface area contributed by atoms with Gasteiger partial charge in [0, 0.05) is 30.5 Å². The quantitative estimate of drug-likeness (QED) is 0.370. The predicted octanol–water partition coefficient (Wildman–Crippen LogP) is 4.04. The normalized spacial score (nSPS) is 14.8. The van der Waals surface area contributed by atoms with Gasteiger partial charge in [0.1, 0.15) is 17.2 Å². The van der Waals surface area contributed by atoms with Crippen molar-refractivity contribution in [3.8, 4) is 11.4 Å². The van der Waals surface area contributed by atoms with Gasteiger partial charge < -0.3 is 15.2 Å². The molecule has 0 atom stereocenters. The van der Waals surface area contributed by atoms with E-state index in [1.807, 2.05) is 0 Å². The van der Waals surface area contributed by atoms with Crippen LogP contribution in [0.4, 0.5) is 10.3 Å². The van der Waals surface area contributed by atoms with Crippen LogP contribution in [-0.4, -0.2) is 47.3 Å². The van der Waals surface area contributed by atoms with Crippen molar-refractivity contribution in [3.63, 3.8) is 0 Å². The summed E-state index contributed by atoms with van der Waals surface area (Å²) >= 11 is 0. The van der Waals surface area contributed by atoms with E-state index in [1.54, 1.807) is 48.7 Å². The van der Waals surface area contributed by atoms with Gasteiger partial charge in [-0.15, -0.1) is 0 Å². The minimum Gasteiger partial charge on any atom is -0.350 e. The van der Waals surface area contributed by atoms with Crippen LogP contribution in [-0.2, 0) is 22.9 Å². The highest BCUT2D eigenvalue weighted by molar-refractivity contribution is 7.90. The zero-order valence-corrected chi connectivity index (χ0v) is 20.9. The summed E-state index contributed by atoms with van der Waals surface area (Å²) in [6.07, 6.45) is 6.12. The molecule has 1 fully saturated rings. The molecule has 0 bridgehead atoms. The third kappa shape index (κ3) is 5.39. The molecule has 0 unspecified atom stereocenters. The van der Waals surface area contributed by atoms with Gasteiger partial charge in [-0.1, -0.05) is 18.2 Å². The van der Waals surface area contributed by atoms with E-state index < -0.39 is 9.84 Å². The van der Waals surface area contributed by atoms with Crippen LogP contribution < -0.4 is 10.6 Å². The molecule has 0 amide bonds. The van der Waals surface area contributed by atoms with Crippen LogP contribution in [0, 0.1) is 11.7 Å². The van der Waals surface area contributed by atoms with Gasteiger partial charge in [0.25, 0.3) is 0 Å². The third-order valence-corrected chi connectivity index (χ3v) is 7.77. The van der Waals surface area contributed by atoms with Gasteiger partial charge in [0.05, 0.1) is 11.1 Å². The fraction of sp³-hybridized carbons (Fsp3) is 0.346. The van der Waals surface area contributed by atoms with E-state index in [0.717, 1.165) is 50.3 Å². The molecule has 1 aliphatic heterocycles. The first-order valence-corrected chi connectivity index (χ1v) is 14.0. The van der Waals surface area contributed by atoms with Crippen LogP contribution in [0.3, 0.4) is 0 Å². The summed E-state index contributed by atoms with van der Waals surface area (Å²) in [5.74, 6) is 1.45. The van der Waals surface area contributed by atoms with Crippen LogP contribution in [0.5, 0.6) is 0 Å². The smallest absolute Gasteiger partial charge is 0.225 e. The Bertz CT molecular complexity index is 1460. The molecule has 2 aromatic heterocycles. The Morgan fingerprint density at radius 2 is 1.83 bits per heavy atom. The summed E-state index contributed by atoms with van der Waals surface area (Å²) < 4.78 is 40.0. The average Bonchev–Trinajstić information content (AvgIpc) is 3.25. The maximum absolute atomic E-state index is 14.0. The van der Waals surface area contributed by atoms with Gasteiger partial charge in [-0.2, -0.15) is 4.98 Å². The van der Waals surface area contributed by atoms with Crippen molar-refractivity contribution in [2.45, 2.75) is 37.2 Å². The first-order chi connectivity index (χ1) is 17.4. The van der Waals surface area contributed by atoms with Crippen molar-refractivity contribution < 1.29 is 12.8 Å². The second kappa shape index (κ2) is 10.3. The van der Waals surface area contributed by atoms with Crippen molar-refractivity contribution in [1.82, 2.24) is 24.8 Å². The molecule has 2 N–H and O–H groups in total. The zero-order valence-electron chi connectivity index (χ0n) is 20.1. The van der Waals surface area contributed by atoms with Crippen molar-refractivity contribution >= 4 is 26.9 Å². The Kier molecular flexibility index (Phi) is 6.97. The Morgan fingerprint density at radius 1 is 1.08 bits per heavy atom. The van der Waals surface area contributed by atoms with Crippen LogP contribution in [0.1, 0.15) is 24.8 Å². The Hall–Kier alpha value is -3.37. The fourth-order valence-corrected chi connectivity index (χ4v) is 5.22. The van der Waals surface area contributed by atoms with E-state index in [9.17, 15) is 12.8 Å². The molecule has 0 aliphatic carbocycles. The topological polar surface area (TPSA) is 102 Å². The molecule has 2 aromatic carbocycles. The number of aromatic nitrogens is 4. The molecule has 0 spiro atoms. The third-order valence-electron chi connectivity index (χ3n) is 6.64. The number of anilines is 1. The summed E-state index contributed by atoms with van der Waals surface area (Å²) in [7, 11) is -3.29. The molecule has 3 heterocycles. The highest BCUT2D eigenvalue weighted by Gasteiger charge is 2.19. The molecule has 5 rings (SSSR count). The SMILES string of the molecule is CS(=O)(=O)c1ccc(-c2nc3cnc(NCc4ccccc4F)nc3n2CCC2CCNCC2)cc1. The highest BCUT2D eigenvalue weighted by atomic mass is 32.2. The maximum Gasteiger partial charge on any atom is 0.225 e. The fourth-order valence-electron chi connectivity index (χ4n) is 4.59. The van der Waals surface area contributed by atoms with Gasteiger partial charge in [-0.25, -0.2) is 22.8 Å². The van der Waals surface area contributed by atoms with E-state index in [0.29, 0.717) is 28.6 Å². The van der Waals surface area contributed by atoms with Crippen molar-refractivity contribution in [1.29, 1.82) is 0 Å². The second-order valence-electron chi connectivity index (χ2n) is 9.21. The number of nitrogens with zero attached hydrogens (tertiary/aromatic N) is 4. The molecular weight excluding hydrogens is 479 g/mol. The minimum absolute atomic E-state index is 0.265. The average molecular weight is 509 g/mol. The number of rotatable bonds is 8. The lowest BCUT2D eigenvalue weighted by molar-refractivity contribution is 0.339. The van der Waals surface area contributed by atoms with Gasteiger partial charge in [0.2, 0.25) is 5.95 Å². The Balaban J connectivity index is 1.48. The van der Waals surface area contributed by atoms with Crippen molar-refractivity contribution in [2.75, 3.05) is 24.7 Å². The van der Waals surface area contributed by atoms with Crippen molar-refractivity contribution in [2.24, 2.45) is 5.92 Å². The Labute approximate surface area is 209 Å². The largest absolute Gasteiger partial charge is 0.350 e. The van der Waals surface area contributed by atoms with E-state index in [4.69, 9.17) is 9.97 Å².